The van der Waals surface area contributed by atoms with Gasteiger partial charge < -0.3 is 41.0 Å². The average molecular weight is 1270 g/mol. The molecule has 6 rings (SSSR count). The van der Waals surface area contributed by atoms with Crippen LogP contribution in [0.25, 0.3) is 21.5 Å². The number of fused-ring (bicyclic) bond motifs is 2. The minimum Gasteiger partial charge on any atom is -0.447 e. The standard InChI is InChI=1S/C24H25ClF3N5O3.C22H23ClFN5O3.C3H3F5O3S.2H2S/c1-33(23(34)31-11-17-7-4-8-19(26)22(17)25)18(12-29-13-20(27)28)14-36-24(35)32-21-9-15-5-2-3-6-16(15)10-30-21;1-29(21(30)27-12-16-7-4-8-18(24)20(16)23)17(10-25)13-32-22(31)28-19-9-14-5-2-3-6-15(14)11-26-19;4-2(5)1-11-12(9,10)3(6,7)8;;/h2-10,18,20,29H,11-14H2,1H3,(H,31,34)(H,30,32,35);2-9,11,17H,10,12-13,25H2,1H3,(H,27,30)(H,26,28,31);2H,1H2;2*1H2/t18-;17-;;;/m00.../s1. The van der Waals surface area contributed by atoms with Gasteiger partial charge in [0, 0.05) is 63.4 Å². The lowest BCUT2D eigenvalue weighted by molar-refractivity contribution is -0.0572. The number of rotatable bonds is 20. The molecule has 6 amide bonds. The predicted octanol–water partition coefficient (Wildman–Crippen LogP) is 9.73. The number of alkyl halides is 7. The molecular formula is C49H55Cl2F9N10O9S3. The molecular weight excluding hydrogens is 1210 g/mol. The minimum atomic E-state index is -5.87. The van der Waals surface area contributed by atoms with Crippen LogP contribution in [0.3, 0.4) is 0 Å². The van der Waals surface area contributed by atoms with Gasteiger partial charge in [-0.1, -0.05) is 96.0 Å². The molecule has 7 N–H and O–H groups in total. The van der Waals surface area contributed by atoms with Gasteiger partial charge in [0.2, 0.25) is 0 Å². The number of ether oxygens (including phenoxy) is 2. The molecule has 2 atom stereocenters. The highest BCUT2D eigenvalue weighted by Crippen LogP contribution is 2.25. The van der Waals surface area contributed by atoms with Crippen molar-refractivity contribution in [3.8, 4) is 0 Å². The van der Waals surface area contributed by atoms with Gasteiger partial charge in [-0.3, -0.25) is 14.8 Å². The van der Waals surface area contributed by atoms with Crippen LogP contribution < -0.4 is 32.3 Å². The summed E-state index contributed by atoms with van der Waals surface area (Å²) >= 11 is 11.8. The van der Waals surface area contributed by atoms with E-state index in [1.807, 2.05) is 48.5 Å². The number of nitrogens with one attached hydrogen (secondary N) is 5. The number of urea groups is 2. The van der Waals surface area contributed by atoms with Gasteiger partial charge in [0.15, 0.2) is 0 Å². The molecule has 0 radical (unpaired) electrons. The molecule has 4 aromatic carbocycles. The van der Waals surface area contributed by atoms with Crippen molar-refractivity contribution in [1.82, 2.24) is 35.7 Å². The first-order chi connectivity index (χ1) is 37.8. The molecule has 0 bridgehead atoms. The fourth-order valence-corrected chi connectivity index (χ4v) is 7.24. The first-order valence-corrected chi connectivity index (χ1v) is 25.3. The second kappa shape index (κ2) is 34.6. The summed E-state index contributed by atoms with van der Waals surface area (Å²) in [4.78, 5) is 60.4. The third-order valence-electron chi connectivity index (χ3n) is 10.8. The van der Waals surface area contributed by atoms with Crippen LogP contribution in [0.1, 0.15) is 11.1 Å². The third-order valence-corrected chi connectivity index (χ3v) is 12.6. The smallest absolute Gasteiger partial charge is 0.447 e. The second-order valence-corrected chi connectivity index (χ2v) is 18.8. The van der Waals surface area contributed by atoms with Crippen molar-refractivity contribution in [3.05, 3.63) is 142 Å². The van der Waals surface area contributed by atoms with Crippen LogP contribution in [0.5, 0.6) is 0 Å². The van der Waals surface area contributed by atoms with Gasteiger partial charge in [-0.25, -0.2) is 55.5 Å². The largest absolute Gasteiger partial charge is 0.523 e. The van der Waals surface area contributed by atoms with Crippen LogP contribution in [0.4, 0.5) is 70.3 Å². The summed E-state index contributed by atoms with van der Waals surface area (Å²) < 4.78 is 142. The van der Waals surface area contributed by atoms with Crippen molar-refractivity contribution < 1.29 is 80.8 Å². The lowest BCUT2D eigenvalue weighted by Crippen LogP contribution is -2.50. The van der Waals surface area contributed by atoms with Crippen molar-refractivity contribution in [1.29, 1.82) is 0 Å². The molecule has 0 aliphatic heterocycles. The number of pyridine rings is 2. The van der Waals surface area contributed by atoms with E-state index < -0.39 is 89.6 Å². The van der Waals surface area contributed by atoms with Gasteiger partial charge in [0.25, 0.3) is 12.9 Å². The molecule has 0 fully saturated rings. The monoisotopic (exact) mass is 1260 g/mol. The predicted molar refractivity (Wildman–Crippen MR) is 299 cm³/mol. The Morgan fingerprint density at radius 2 is 1.04 bits per heavy atom. The highest BCUT2D eigenvalue weighted by atomic mass is 35.5. The molecule has 0 aliphatic rings. The molecule has 6 aromatic rings. The Balaban J connectivity index is 0.000000460. The van der Waals surface area contributed by atoms with E-state index in [0.29, 0.717) is 16.9 Å². The van der Waals surface area contributed by atoms with Crippen LogP contribution in [0.15, 0.2) is 109 Å². The highest BCUT2D eigenvalue weighted by Gasteiger charge is 2.47. The Kier molecular flexibility index (Phi) is 30.1. The maximum absolute atomic E-state index is 13.6. The third kappa shape index (κ3) is 23.3. The van der Waals surface area contributed by atoms with E-state index in [4.69, 9.17) is 38.4 Å². The number of amides is 6. The summed E-state index contributed by atoms with van der Waals surface area (Å²) in [6, 6.07) is 24.6. The Labute approximate surface area is 487 Å². The van der Waals surface area contributed by atoms with Crippen LogP contribution in [0.2, 0.25) is 10.0 Å². The molecule has 0 saturated heterocycles. The first kappa shape index (κ1) is 71.4. The van der Waals surface area contributed by atoms with E-state index in [-0.39, 0.29) is 82.2 Å². The molecule has 0 saturated carbocycles. The van der Waals surface area contributed by atoms with Crippen LogP contribution in [-0.4, -0.2) is 136 Å². The summed E-state index contributed by atoms with van der Waals surface area (Å²) in [5.74, 6) is -0.571. The fraction of sp³-hybridized carbons (Fsp3) is 0.306. The molecule has 2 aromatic heterocycles. The van der Waals surface area contributed by atoms with Crippen molar-refractivity contribution in [3.63, 3.8) is 0 Å². The molecule has 2 heterocycles. The molecule has 19 nitrogen and oxygen atoms in total. The first-order valence-electron chi connectivity index (χ1n) is 23.2. The summed E-state index contributed by atoms with van der Waals surface area (Å²) in [6.07, 6.45) is -4.14. The Morgan fingerprint density at radius 3 is 1.44 bits per heavy atom. The van der Waals surface area contributed by atoms with Gasteiger partial charge >= 0.3 is 39.9 Å². The SMILES string of the molecule is CN(C(=O)NCc1cccc(F)c1Cl)[C@@H](CN)COC(=O)Nc1cc2ccccc2cn1.CN(C(=O)NCc1cccc(F)c1Cl)[C@@H](CNCC(F)F)COC(=O)Nc1cc2ccccc2cn1.O=S(=O)(OCC(F)F)C(F)(F)F.S.S. The quantitative estimate of drug-likeness (QED) is 0.0237. The fourth-order valence-electron chi connectivity index (χ4n) is 6.43. The molecule has 82 heavy (non-hydrogen) atoms. The number of likely N-dealkylation sites (N-methyl/N-ethyl adjacent to an activating group) is 2. The van der Waals surface area contributed by atoms with Gasteiger partial charge in [-0.05, 0) is 46.2 Å². The number of halogens is 11. The van der Waals surface area contributed by atoms with Crippen LogP contribution in [-0.2, 0) is 36.9 Å². The lowest BCUT2D eigenvalue weighted by atomic mass is 10.2. The Morgan fingerprint density at radius 1 is 0.622 bits per heavy atom. The minimum absolute atomic E-state index is 0. The number of benzene rings is 4. The van der Waals surface area contributed by atoms with Gasteiger partial charge in [0.05, 0.1) is 28.7 Å². The highest BCUT2D eigenvalue weighted by molar-refractivity contribution is 7.87. The van der Waals surface area contributed by atoms with E-state index in [2.05, 4.69) is 40.7 Å². The van der Waals surface area contributed by atoms with E-state index >= 15 is 0 Å². The van der Waals surface area contributed by atoms with Crippen molar-refractivity contribution in [2.75, 3.05) is 64.2 Å². The maximum atomic E-state index is 13.6. The molecule has 33 heteroatoms. The second-order valence-electron chi connectivity index (χ2n) is 16.4. The summed E-state index contributed by atoms with van der Waals surface area (Å²) in [6.45, 7) is -2.85. The van der Waals surface area contributed by atoms with Crippen molar-refractivity contribution in [2.45, 2.75) is 43.5 Å². The van der Waals surface area contributed by atoms with Crippen LogP contribution in [0, 0.1) is 11.6 Å². The summed E-state index contributed by atoms with van der Waals surface area (Å²) in [5.41, 5.74) is 0.902. The molecule has 0 unspecified atom stereocenters. The maximum Gasteiger partial charge on any atom is 0.523 e. The molecule has 0 aliphatic carbocycles. The summed E-state index contributed by atoms with van der Waals surface area (Å²) in [5, 5.41) is 16.3. The average Bonchev–Trinajstić information content (AvgIpc) is 3.51. The number of aromatic nitrogens is 2. The normalized spacial score (nSPS) is 11.8. The van der Waals surface area contributed by atoms with Gasteiger partial charge in [-0.15, -0.1) is 0 Å². The van der Waals surface area contributed by atoms with Crippen molar-refractivity contribution in [2.24, 2.45) is 5.73 Å². The summed E-state index contributed by atoms with van der Waals surface area (Å²) in [7, 11) is -2.93. The number of hydrogen-bond acceptors (Lipinski definition) is 13. The lowest BCUT2D eigenvalue weighted by Gasteiger charge is -2.28. The molecule has 450 valence electrons. The van der Waals surface area contributed by atoms with Gasteiger partial charge in [0.1, 0.15) is 43.1 Å². The number of hydrogen-bond donors (Lipinski definition) is 6. The molecule has 0 spiro atoms. The number of carbonyl (C=O) groups excluding carboxylic acids is 4. The Hall–Kier alpha value is -6.74. The zero-order valence-electron chi connectivity index (χ0n) is 43.0. The van der Waals surface area contributed by atoms with Crippen LogP contribution >= 0.6 is 50.2 Å². The van der Waals surface area contributed by atoms with E-state index in [9.17, 15) is 67.1 Å². The topological polar surface area (TPSA) is 249 Å². The van der Waals surface area contributed by atoms with E-state index in [0.717, 1.165) is 21.5 Å². The van der Waals surface area contributed by atoms with E-state index in [1.54, 1.807) is 36.7 Å². The number of anilines is 2. The number of carbonyl (C=O) groups is 4. The number of nitrogens with zero attached hydrogens (tertiary/aromatic N) is 4. The zero-order valence-corrected chi connectivity index (χ0v) is 47.3. The van der Waals surface area contributed by atoms with Gasteiger partial charge in [-0.2, -0.15) is 48.6 Å². The zero-order chi connectivity index (χ0) is 59.2. The number of nitrogens with two attached hydrogens (primary N) is 1. The van der Waals surface area contributed by atoms with Crippen molar-refractivity contribution >= 4 is 118 Å². The van der Waals surface area contributed by atoms with E-state index in [1.165, 1.54) is 48.2 Å². The Bertz CT molecular complexity index is 3150.